The van der Waals surface area contributed by atoms with E-state index in [0.29, 0.717) is 29.7 Å². The van der Waals surface area contributed by atoms with Gasteiger partial charge < -0.3 is 13.9 Å². The zero-order valence-electron chi connectivity index (χ0n) is 21.6. The molecule has 2 amide bonds. The van der Waals surface area contributed by atoms with Gasteiger partial charge in [0.25, 0.3) is 0 Å². The van der Waals surface area contributed by atoms with Crippen LogP contribution >= 0.6 is 0 Å². The number of hydrogen-bond donors (Lipinski definition) is 0. The number of fused-ring (bicyclic) bond motifs is 9. The molecule has 2 unspecified atom stereocenters. The van der Waals surface area contributed by atoms with Crippen molar-refractivity contribution in [1.29, 1.82) is 5.26 Å². The summed E-state index contributed by atoms with van der Waals surface area (Å²) in [6, 6.07) is 13.0. The SMILES string of the molecule is CC12OC(CCO[Si](C)(C)C(C)(C)C)([C@@H]3C(=O)N(c4ccc(C#N)c5ccccc45)C(=O)[C@@H]31)[C@H]1O[C@H]12. The van der Waals surface area contributed by atoms with Crippen LogP contribution in [0, 0.1) is 23.2 Å². The highest BCUT2D eigenvalue weighted by molar-refractivity contribution is 6.74. The monoisotopic (exact) mass is 504 g/mol. The molecule has 0 N–H and O–H groups in total. The minimum absolute atomic E-state index is 0.0686. The molecule has 7 nitrogen and oxygen atoms in total. The van der Waals surface area contributed by atoms with E-state index in [0.717, 1.165) is 5.39 Å². The Morgan fingerprint density at radius 1 is 1.06 bits per heavy atom. The molecule has 6 rings (SSSR count). The summed E-state index contributed by atoms with van der Waals surface area (Å²) in [4.78, 5) is 29.4. The lowest BCUT2D eigenvalue weighted by molar-refractivity contribution is -0.145. The van der Waals surface area contributed by atoms with E-state index in [4.69, 9.17) is 13.9 Å². The molecule has 0 aromatic heterocycles. The van der Waals surface area contributed by atoms with Crippen molar-refractivity contribution in [2.24, 2.45) is 11.8 Å². The van der Waals surface area contributed by atoms with Crippen LogP contribution < -0.4 is 4.90 Å². The van der Waals surface area contributed by atoms with Gasteiger partial charge in [-0.2, -0.15) is 5.26 Å². The fraction of sp³-hybridized carbons (Fsp3) is 0.536. The van der Waals surface area contributed by atoms with Gasteiger partial charge in [-0.15, -0.1) is 0 Å². The second kappa shape index (κ2) is 7.26. The minimum Gasteiger partial charge on any atom is -0.417 e. The van der Waals surface area contributed by atoms with Crippen molar-refractivity contribution in [2.45, 2.75) is 75.7 Å². The Morgan fingerprint density at radius 3 is 2.39 bits per heavy atom. The summed E-state index contributed by atoms with van der Waals surface area (Å²) in [5.74, 6) is -1.71. The maximum atomic E-state index is 14.1. The van der Waals surface area contributed by atoms with Crippen LogP contribution in [0.15, 0.2) is 36.4 Å². The highest BCUT2D eigenvalue weighted by Gasteiger charge is 2.86. The van der Waals surface area contributed by atoms with Gasteiger partial charge >= 0.3 is 0 Å². The van der Waals surface area contributed by atoms with Crippen LogP contribution in [0.4, 0.5) is 5.69 Å². The largest absolute Gasteiger partial charge is 0.417 e. The van der Waals surface area contributed by atoms with E-state index in [-0.39, 0.29) is 29.1 Å². The fourth-order valence-corrected chi connectivity index (χ4v) is 7.55. The Kier molecular flexibility index (Phi) is 4.80. The van der Waals surface area contributed by atoms with Gasteiger partial charge in [0, 0.05) is 23.8 Å². The molecule has 6 atom stereocenters. The lowest BCUT2D eigenvalue weighted by Gasteiger charge is -2.38. The number of ether oxygens (including phenoxy) is 2. The molecule has 0 spiro atoms. The van der Waals surface area contributed by atoms with E-state index in [1.165, 1.54) is 4.90 Å². The molecule has 4 aliphatic rings. The third kappa shape index (κ3) is 2.88. The molecule has 2 aromatic carbocycles. The Balaban J connectivity index is 1.37. The van der Waals surface area contributed by atoms with E-state index in [1.54, 1.807) is 12.1 Å². The molecule has 2 aromatic rings. The molecule has 2 bridgehead atoms. The summed E-state index contributed by atoms with van der Waals surface area (Å²) in [7, 11) is -1.99. The normalized spacial score (nSPS) is 34.8. The second-order valence-corrected chi connectivity index (χ2v) is 17.1. The predicted octanol–water partition coefficient (Wildman–Crippen LogP) is 4.54. The standard InChI is InChI=1S/C28H32N2O5Si/c1-26(2,3)36(5,6)33-14-13-28-21-20(27(4,35-28)22-23(28)34-22)24(31)30(25(21)32)19-12-11-16(15-29)17-9-7-8-10-18(17)19/h7-12,20-23H,13-14H2,1-6H3/t20-,21+,22-,23+,27?,28?/m1/s1. The Labute approximate surface area is 212 Å². The molecular weight excluding hydrogens is 472 g/mol. The number of carbonyl (C=O) groups is 2. The number of epoxide rings is 1. The predicted molar refractivity (Wildman–Crippen MR) is 137 cm³/mol. The molecule has 0 aliphatic carbocycles. The van der Waals surface area contributed by atoms with Crippen LogP contribution in [0.25, 0.3) is 10.8 Å². The van der Waals surface area contributed by atoms with Gasteiger partial charge in [0.1, 0.15) is 23.4 Å². The van der Waals surface area contributed by atoms with E-state index in [1.807, 2.05) is 31.2 Å². The average Bonchev–Trinajstić information content (AvgIpc) is 3.48. The molecule has 4 heterocycles. The van der Waals surface area contributed by atoms with Crippen LogP contribution in [-0.2, 0) is 23.5 Å². The van der Waals surface area contributed by atoms with Crippen molar-refractivity contribution in [2.75, 3.05) is 11.5 Å². The summed E-state index contributed by atoms with van der Waals surface area (Å²) in [5.41, 5.74) is -0.663. The molecule has 4 aliphatic heterocycles. The summed E-state index contributed by atoms with van der Waals surface area (Å²) in [6.45, 7) is 13.4. The number of nitriles is 1. The maximum Gasteiger partial charge on any atom is 0.240 e. The first-order valence-corrected chi connectivity index (χ1v) is 15.6. The Hall–Kier alpha value is -2.57. The summed E-state index contributed by atoms with van der Waals surface area (Å²) < 4.78 is 19.1. The number of imide groups is 1. The van der Waals surface area contributed by atoms with Crippen LogP contribution in [-0.4, -0.2) is 50.1 Å². The van der Waals surface area contributed by atoms with Crippen LogP contribution in [0.1, 0.15) is 39.7 Å². The van der Waals surface area contributed by atoms with Crippen molar-refractivity contribution < 1.29 is 23.5 Å². The van der Waals surface area contributed by atoms with E-state index >= 15 is 0 Å². The van der Waals surface area contributed by atoms with Crippen molar-refractivity contribution in [1.82, 2.24) is 0 Å². The molecule has 188 valence electrons. The number of benzene rings is 2. The smallest absolute Gasteiger partial charge is 0.240 e. The molecular formula is C28H32N2O5Si. The number of hydrogen-bond acceptors (Lipinski definition) is 6. The highest BCUT2D eigenvalue weighted by atomic mass is 28.4. The fourth-order valence-electron chi connectivity index (χ4n) is 6.51. The van der Waals surface area contributed by atoms with Crippen LogP contribution in [0.5, 0.6) is 0 Å². The first-order chi connectivity index (χ1) is 16.9. The third-order valence-electron chi connectivity index (χ3n) is 9.42. The van der Waals surface area contributed by atoms with Crippen LogP contribution in [0.2, 0.25) is 18.1 Å². The molecule has 0 radical (unpaired) electrons. The summed E-state index contributed by atoms with van der Waals surface area (Å²) in [6.07, 6.45) is 0.139. The van der Waals surface area contributed by atoms with Crippen molar-refractivity contribution in [3.8, 4) is 6.07 Å². The number of nitrogens with zero attached hydrogens (tertiary/aromatic N) is 2. The van der Waals surface area contributed by atoms with Crippen molar-refractivity contribution in [3.63, 3.8) is 0 Å². The first kappa shape index (κ1) is 23.8. The van der Waals surface area contributed by atoms with Crippen molar-refractivity contribution >= 4 is 36.6 Å². The summed E-state index contributed by atoms with van der Waals surface area (Å²) >= 11 is 0. The lowest BCUT2D eigenvalue weighted by Crippen LogP contribution is -2.49. The molecule has 4 saturated heterocycles. The van der Waals surface area contributed by atoms with E-state index in [9.17, 15) is 14.9 Å². The molecule has 0 saturated carbocycles. The van der Waals surface area contributed by atoms with Gasteiger partial charge in [0.05, 0.1) is 29.2 Å². The Morgan fingerprint density at radius 2 is 1.72 bits per heavy atom. The quantitative estimate of drug-likeness (QED) is 0.337. The van der Waals surface area contributed by atoms with Gasteiger partial charge in [0.15, 0.2) is 8.32 Å². The summed E-state index contributed by atoms with van der Waals surface area (Å²) in [5, 5.41) is 11.1. The number of amides is 2. The second-order valence-electron chi connectivity index (χ2n) is 12.3. The average molecular weight is 505 g/mol. The van der Waals surface area contributed by atoms with Crippen LogP contribution in [0.3, 0.4) is 0 Å². The van der Waals surface area contributed by atoms with E-state index < -0.39 is 31.4 Å². The third-order valence-corrected chi connectivity index (χ3v) is 14.0. The van der Waals surface area contributed by atoms with E-state index in [2.05, 4.69) is 39.9 Å². The highest BCUT2D eigenvalue weighted by Crippen LogP contribution is 2.69. The molecule has 36 heavy (non-hydrogen) atoms. The maximum absolute atomic E-state index is 14.1. The van der Waals surface area contributed by atoms with Gasteiger partial charge in [-0.05, 0) is 37.2 Å². The zero-order valence-corrected chi connectivity index (χ0v) is 22.6. The van der Waals surface area contributed by atoms with Gasteiger partial charge in [-0.25, -0.2) is 4.90 Å². The Bertz CT molecular complexity index is 1360. The molecule has 4 fully saturated rings. The number of rotatable bonds is 5. The lowest BCUT2D eigenvalue weighted by atomic mass is 9.67. The van der Waals surface area contributed by atoms with Gasteiger partial charge in [0.2, 0.25) is 11.8 Å². The van der Waals surface area contributed by atoms with Crippen molar-refractivity contribution in [3.05, 3.63) is 42.0 Å². The zero-order chi connectivity index (χ0) is 25.8. The minimum atomic E-state index is -1.99. The topological polar surface area (TPSA) is 92.2 Å². The molecule has 8 heteroatoms. The van der Waals surface area contributed by atoms with Gasteiger partial charge in [-0.1, -0.05) is 45.0 Å². The first-order valence-electron chi connectivity index (χ1n) is 12.7. The number of anilines is 1. The van der Waals surface area contributed by atoms with Gasteiger partial charge in [-0.3, -0.25) is 9.59 Å². The number of carbonyl (C=O) groups excluding carboxylic acids is 2.